The van der Waals surface area contributed by atoms with E-state index >= 15 is 0 Å². The summed E-state index contributed by atoms with van der Waals surface area (Å²) < 4.78 is 10.4. The Morgan fingerprint density at radius 1 is 0.556 bits per heavy atom. The van der Waals surface area contributed by atoms with E-state index in [1.54, 1.807) is 0 Å². The molecule has 0 aromatic heterocycles. The van der Waals surface area contributed by atoms with Crippen LogP contribution in [0.5, 0.6) is 0 Å². The number of hydrogen-bond donors (Lipinski definition) is 0. The second-order valence-corrected chi connectivity index (χ2v) is 113. The fourth-order valence-corrected chi connectivity index (χ4v) is 41.9. The first-order chi connectivity index (χ1) is 20.7. The van der Waals surface area contributed by atoms with Crippen LogP contribution in [0.4, 0.5) is 0 Å². The molecule has 0 heterocycles. The second kappa shape index (κ2) is 9.49. The Hall–Kier alpha value is -2.12. The van der Waals surface area contributed by atoms with E-state index in [-0.39, 0.29) is 0 Å². The van der Waals surface area contributed by atoms with E-state index in [1.165, 1.54) is 59.1 Å². The molecule has 0 fully saturated rings. The molecule has 0 saturated carbocycles. The molecule has 2 aliphatic carbocycles. The third kappa shape index (κ3) is 5.14. The topological polar surface area (TPSA) is 0 Å². The zero-order valence-electron chi connectivity index (χ0n) is 29.5. The van der Waals surface area contributed by atoms with Crippen molar-refractivity contribution in [3.8, 4) is 22.3 Å². The van der Waals surface area contributed by atoms with Crippen LogP contribution in [0.25, 0.3) is 34.4 Å². The molecule has 2 atom stereocenters. The van der Waals surface area contributed by atoms with Gasteiger partial charge in [0.05, 0.1) is 0 Å². The Labute approximate surface area is 271 Å². The van der Waals surface area contributed by atoms with E-state index in [9.17, 15) is 0 Å². The SMILES string of the molecule is C[CH2][Hf]([CH3])([CH3])([CH3])(=[SiH2])([CH]1C=Cc2c(-c3ccc([Si](C)(C)C)cc3)cccc21)[CH]1C=Cc2c(-c3ccc([Si](C)(C)C)cc3)cccc21. The van der Waals surface area contributed by atoms with Crippen molar-refractivity contribution >= 4 is 45.6 Å². The van der Waals surface area contributed by atoms with Crippen LogP contribution >= 0.6 is 0 Å². The average Bonchev–Trinajstić information content (AvgIpc) is 3.63. The summed E-state index contributed by atoms with van der Waals surface area (Å²) in [6, 6.07) is 33.2. The maximum absolute atomic E-state index is 4.83. The Balaban J connectivity index is 1.47. The van der Waals surface area contributed by atoms with Crippen molar-refractivity contribution in [1.82, 2.24) is 0 Å². The Bertz CT molecular complexity index is 1890. The predicted molar refractivity (Wildman–Crippen MR) is 210 cm³/mol. The van der Waals surface area contributed by atoms with Crippen molar-refractivity contribution in [3.05, 3.63) is 119 Å². The molecule has 6 rings (SSSR count). The molecule has 4 heteroatoms. The molecule has 4 aromatic rings. The van der Waals surface area contributed by atoms with Crippen LogP contribution in [0.2, 0.25) is 57.5 Å². The Morgan fingerprint density at radius 2 is 0.911 bits per heavy atom. The molecule has 0 aliphatic heterocycles. The molecule has 4 aromatic carbocycles. The van der Waals surface area contributed by atoms with Gasteiger partial charge in [-0.25, -0.2) is 0 Å². The quantitative estimate of drug-likeness (QED) is 0.163. The molecule has 0 spiro atoms. The molecule has 234 valence electrons. The predicted octanol–water partition coefficient (Wildman–Crippen LogP) is 10.8. The fourth-order valence-electron chi connectivity index (χ4n) is 8.62. The van der Waals surface area contributed by atoms with Gasteiger partial charge in [0, 0.05) is 0 Å². The zero-order chi connectivity index (χ0) is 32.7. The molecular weight excluding hydrogens is 755 g/mol. The summed E-state index contributed by atoms with van der Waals surface area (Å²) in [5.41, 5.74) is 11.4. The number of benzene rings is 4. The average molecular weight is 810 g/mol. The van der Waals surface area contributed by atoms with Crippen LogP contribution in [0.1, 0.15) is 36.5 Å². The Kier molecular flexibility index (Phi) is 6.92. The molecule has 2 aliphatic rings. The van der Waals surface area contributed by atoms with Gasteiger partial charge in [-0.15, -0.1) is 0 Å². The number of allylic oxidation sites excluding steroid dienone is 2. The number of hydrogen-bond acceptors (Lipinski definition) is 0. The first-order valence-corrected chi connectivity index (χ1v) is 49.9. The van der Waals surface area contributed by atoms with Crippen molar-refractivity contribution in [2.24, 2.45) is 0 Å². The molecule has 0 amide bonds. The first kappa shape index (κ1) is 32.8. The summed E-state index contributed by atoms with van der Waals surface area (Å²) >= 11 is -4.83. The minimum atomic E-state index is -4.83. The van der Waals surface area contributed by atoms with Crippen LogP contribution in [-0.4, -0.2) is 23.1 Å². The summed E-state index contributed by atoms with van der Waals surface area (Å²) in [7, 11) is -2.68. The minimum absolute atomic E-state index is 0.425. The number of fused-ring (bicyclic) bond motifs is 2. The summed E-state index contributed by atoms with van der Waals surface area (Å²) in [4.78, 5) is 0. The van der Waals surface area contributed by atoms with E-state index in [1.807, 2.05) is 0 Å². The van der Waals surface area contributed by atoms with E-state index < -0.39 is 30.3 Å². The standard InChI is InChI=1S/2C18H19Si.C2H5.3CH3.Hf.H2Si/c2*1-19(2,3)16-12-10-15(11-13-16)18-9-5-7-14-6-4-8-17(14)18;1-2;;;;;/h2*4-13H,1-3H3;1H2,2H3;3*1H3;;1H2. The van der Waals surface area contributed by atoms with Gasteiger partial charge in [0.15, 0.2) is 0 Å². The van der Waals surface area contributed by atoms with Gasteiger partial charge in [-0.1, -0.05) is 0 Å². The third-order valence-corrected chi connectivity index (χ3v) is 66.5. The van der Waals surface area contributed by atoms with Gasteiger partial charge < -0.3 is 0 Å². The monoisotopic (exact) mass is 810 g/mol. The van der Waals surface area contributed by atoms with Crippen LogP contribution in [0.15, 0.2) is 97.1 Å². The van der Waals surface area contributed by atoms with Crippen molar-refractivity contribution in [2.45, 2.75) is 71.8 Å². The first-order valence-electron chi connectivity index (χ1n) is 17.1. The zero-order valence-corrected chi connectivity index (χ0v) is 36.5. The van der Waals surface area contributed by atoms with Crippen molar-refractivity contribution in [3.63, 3.8) is 0 Å². The van der Waals surface area contributed by atoms with Gasteiger partial charge in [-0.3, -0.25) is 0 Å². The van der Waals surface area contributed by atoms with E-state index in [0.717, 1.165) is 0 Å². The van der Waals surface area contributed by atoms with Crippen LogP contribution < -0.4 is 10.4 Å². The third-order valence-electron chi connectivity index (χ3n) is 12.8. The fraction of sp³-hybridized carbons (Fsp3) is 0.317. The molecule has 2 unspecified atom stereocenters. The summed E-state index contributed by atoms with van der Waals surface area (Å²) in [5.74, 6) is 0. The molecule has 0 nitrogen and oxygen atoms in total. The van der Waals surface area contributed by atoms with Gasteiger partial charge >= 0.3 is 273 Å². The van der Waals surface area contributed by atoms with Crippen LogP contribution in [-0.2, 0) is 14.2 Å². The summed E-state index contributed by atoms with van der Waals surface area (Å²) in [6.45, 7) is 19.6. The normalized spacial score (nSPS) is 20.2. The maximum atomic E-state index is 2.79. The van der Waals surface area contributed by atoms with E-state index in [0.29, 0.717) is 7.35 Å². The van der Waals surface area contributed by atoms with Gasteiger partial charge in [0.25, 0.3) is 0 Å². The summed E-state index contributed by atoms with van der Waals surface area (Å²) in [5, 5.41) is 3.04. The van der Waals surface area contributed by atoms with Crippen LogP contribution in [0.3, 0.4) is 0 Å². The molecule has 0 radical (unpaired) electrons. The summed E-state index contributed by atoms with van der Waals surface area (Å²) in [6.07, 6.45) is 10.2. The molecule has 0 bridgehead atoms. The van der Waals surface area contributed by atoms with Crippen molar-refractivity contribution in [2.75, 3.05) is 0 Å². The second-order valence-electron chi connectivity index (χ2n) is 19.9. The van der Waals surface area contributed by atoms with Gasteiger partial charge in [-0.05, 0) is 0 Å². The molecule has 0 saturated heterocycles. The van der Waals surface area contributed by atoms with Gasteiger partial charge in [0.2, 0.25) is 0 Å². The molecular formula is C41H54HfSi3. The van der Waals surface area contributed by atoms with Crippen molar-refractivity contribution in [1.29, 1.82) is 0 Å². The Morgan fingerprint density at radius 3 is 1.22 bits per heavy atom. The molecule has 0 N–H and O–H groups in total. The van der Waals surface area contributed by atoms with Gasteiger partial charge in [0.1, 0.15) is 0 Å². The van der Waals surface area contributed by atoms with Crippen molar-refractivity contribution < 1.29 is 14.2 Å². The van der Waals surface area contributed by atoms with E-state index in [4.69, 9.17) is 0 Å². The molecule has 45 heavy (non-hydrogen) atoms. The number of rotatable bonds is 7. The van der Waals surface area contributed by atoms with Crippen LogP contribution in [0, 0.1) is 0 Å². The van der Waals surface area contributed by atoms with E-state index in [2.05, 4.69) is 176 Å². The van der Waals surface area contributed by atoms with Gasteiger partial charge in [-0.2, -0.15) is 0 Å².